The van der Waals surface area contributed by atoms with E-state index in [9.17, 15) is 4.79 Å². The van der Waals surface area contributed by atoms with Crippen molar-refractivity contribution in [2.45, 2.75) is 0 Å². The van der Waals surface area contributed by atoms with Gasteiger partial charge >= 0.3 is 0 Å². The lowest BCUT2D eigenvalue weighted by Crippen LogP contribution is -2.50. The van der Waals surface area contributed by atoms with E-state index in [1.54, 1.807) is 43.1 Å². The van der Waals surface area contributed by atoms with Crippen LogP contribution in [0, 0.1) is 0 Å². The Morgan fingerprint density at radius 1 is 1.07 bits per heavy atom. The van der Waals surface area contributed by atoms with E-state index in [0.29, 0.717) is 37.0 Å². The average Bonchev–Trinajstić information content (AvgIpc) is 3.28. The first-order chi connectivity index (χ1) is 13.7. The molecule has 144 valence electrons. The van der Waals surface area contributed by atoms with Gasteiger partial charge in [0.25, 0.3) is 5.91 Å². The normalized spacial score (nSPS) is 14.2. The molecule has 1 aliphatic rings. The Balaban J connectivity index is 1.31. The minimum Gasteiger partial charge on any atom is -0.484 e. The number of amides is 1. The van der Waals surface area contributed by atoms with E-state index in [1.807, 2.05) is 21.7 Å². The Morgan fingerprint density at radius 2 is 1.82 bits per heavy atom. The number of carbonyl (C=O) groups is 1. The molecule has 0 atom stereocenters. The molecule has 0 aliphatic carbocycles. The highest BCUT2D eigenvalue weighted by molar-refractivity contribution is 6.30. The first-order valence-corrected chi connectivity index (χ1v) is 9.28. The third kappa shape index (κ3) is 4.23. The largest absolute Gasteiger partial charge is 0.484 e. The van der Waals surface area contributed by atoms with Crippen molar-refractivity contribution < 1.29 is 9.53 Å². The number of carbonyl (C=O) groups excluding carboxylic acids is 1. The quantitative estimate of drug-likeness (QED) is 0.654. The summed E-state index contributed by atoms with van der Waals surface area (Å²) in [5, 5.41) is 0.635. The van der Waals surface area contributed by atoms with E-state index in [1.165, 1.54) is 0 Å². The zero-order chi connectivity index (χ0) is 19.3. The van der Waals surface area contributed by atoms with Gasteiger partial charge in [-0.3, -0.25) is 9.36 Å². The fraction of sp³-hybridized carbons (Fsp3) is 0.263. The molecule has 1 aliphatic heterocycles. The Hall–Kier alpha value is -3.13. The maximum absolute atomic E-state index is 12.4. The minimum atomic E-state index is -0.0311. The summed E-state index contributed by atoms with van der Waals surface area (Å²) in [6.45, 7) is 2.65. The number of rotatable bonds is 5. The Kier molecular flexibility index (Phi) is 5.38. The van der Waals surface area contributed by atoms with E-state index >= 15 is 0 Å². The number of benzene rings is 1. The average molecular weight is 399 g/mol. The molecule has 0 saturated carbocycles. The van der Waals surface area contributed by atoms with Crippen molar-refractivity contribution in [3.63, 3.8) is 0 Å². The van der Waals surface area contributed by atoms with E-state index in [4.69, 9.17) is 16.3 Å². The van der Waals surface area contributed by atoms with Gasteiger partial charge in [0.1, 0.15) is 30.0 Å². The van der Waals surface area contributed by atoms with Crippen LogP contribution in [0.15, 0.2) is 55.4 Å². The fourth-order valence-corrected chi connectivity index (χ4v) is 3.12. The molecule has 0 bridgehead atoms. The van der Waals surface area contributed by atoms with Crippen LogP contribution in [0.5, 0.6) is 5.75 Å². The molecule has 2 aromatic heterocycles. The second kappa shape index (κ2) is 8.26. The molecule has 1 fully saturated rings. The zero-order valence-corrected chi connectivity index (χ0v) is 15.9. The maximum atomic E-state index is 12.4. The van der Waals surface area contributed by atoms with Crippen molar-refractivity contribution in [3.8, 4) is 11.6 Å². The molecule has 0 unspecified atom stereocenters. The van der Waals surface area contributed by atoms with E-state index in [0.717, 1.165) is 11.6 Å². The third-order valence-corrected chi connectivity index (χ3v) is 4.79. The summed E-state index contributed by atoms with van der Waals surface area (Å²) < 4.78 is 7.38. The molecule has 0 radical (unpaired) electrons. The Morgan fingerprint density at radius 3 is 2.54 bits per heavy atom. The van der Waals surface area contributed by atoms with Gasteiger partial charge in [-0.15, -0.1) is 0 Å². The van der Waals surface area contributed by atoms with Crippen LogP contribution in [0.25, 0.3) is 5.82 Å². The predicted octanol–water partition coefficient (Wildman–Crippen LogP) is 2.04. The lowest BCUT2D eigenvalue weighted by molar-refractivity contribution is -0.133. The second-order valence-electron chi connectivity index (χ2n) is 6.31. The Labute approximate surface area is 167 Å². The topological polar surface area (TPSA) is 76.4 Å². The lowest BCUT2D eigenvalue weighted by Gasteiger charge is -2.35. The van der Waals surface area contributed by atoms with Gasteiger partial charge in [0, 0.05) is 49.7 Å². The molecule has 3 aromatic rings. The first-order valence-electron chi connectivity index (χ1n) is 8.90. The van der Waals surface area contributed by atoms with Crippen LogP contribution in [0.4, 0.5) is 5.82 Å². The van der Waals surface area contributed by atoms with E-state index in [-0.39, 0.29) is 12.5 Å². The third-order valence-electron chi connectivity index (χ3n) is 4.54. The molecule has 0 N–H and O–H groups in total. The SMILES string of the molecule is O=C(COc1ccc(Cl)cc1)N1CCN(c2cc(-n3ccnc3)ncn2)CC1. The number of anilines is 1. The number of hydrogen-bond acceptors (Lipinski definition) is 6. The van der Waals surface area contributed by atoms with Crippen molar-refractivity contribution in [3.05, 3.63) is 60.4 Å². The van der Waals surface area contributed by atoms with Crippen molar-refractivity contribution in [1.29, 1.82) is 0 Å². The Bertz CT molecular complexity index is 924. The van der Waals surface area contributed by atoms with Gasteiger partial charge in [0.05, 0.1) is 0 Å². The summed E-state index contributed by atoms with van der Waals surface area (Å²) in [6.07, 6.45) is 6.78. The minimum absolute atomic E-state index is 0.0138. The number of aromatic nitrogens is 4. The second-order valence-corrected chi connectivity index (χ2v) is 6.75. The molecule has 9 heteroatoms. The molecular weight excluding hydrogens is 380 g/mol. The van der Waals surface area contributed by atoms with Crippen molar-refractivity contribution >= 4 is 23.3 Å². The molecule has 1 saturated heterocycles. The molecule has 0 spiro atoms. The van der Waals surface area contributed by atoms with Gasteiger partial charge in [-0.25, -0.2) is 15.0 Å². The zero-order valence-electron chi connectivity index (χ0n) is 15.1. The van der Waals surface area contributed by atoms with Gasteiger partial charge < -0.3 is 14.5 Å². The first kappa shape index (κ1) is 18.2. The van der Waals surface area contributed by atoms with Crippen LogP contribution in [-0.2, 0) is 4.79 Å². The van der Waals surface area contributed by atoms with Crippen molar-refractivity contribution in [2.75, 3.05) is 37.7 Å². The number of piperazine rings is 1. The number of ether oxygens (including phenoxy) is 1. The predicted molar refractivity (Wildman–Crippen MR) is 105 cm³/mol. The van der Waals surface area contributed by atoms with Crippen LogP contribution in [0.3, 0.4) is 0 Å². The van der Waals surface area contributed by atoms with Gasteiger partial charge in [-0.2, -0.15) is 0 Å². The van der Waals surface area contributed by atoms with E-state index in [2.05, 4.69) is 19.9 Å². The summed E-state index contributed by atoms with van der Waals surface area (Å²) >= 11 is 5.85. The molecule has 1 aromatic carbocycles. The fourth-order valence-electron chi connectivity index (χ4n) is 3.00. The standard InChI is InChI=1S/C19H19ClN6O2/c20-15-1-3-16(4-2-15)28-12-19(27)25-9-7-24(8-10-25)17-11-18(23-13-22-17)26-6-5-21-14-26/h1-6,11,13-14H,7-10,12H2. The van der Waals surface area contributed by atoms with Gasteiger partial charge in [-0.05, 0) is 24.3 Å². The summed E-state index contributed by atoms with van der Waals surface area (Å²) in [4.78, 5) is 29.0. The van der Waals surface area contributed by atoms with Gasteiger partial charge in [0.2, 0.25) is 0 Å². The smallest absolute Gasteiger partial charge is 0.260 e. The summed E-state index contributed by atoms with van der Waals surface area (Å²) in [7, 11) is 0. The van der Waals surface area contributed by atoms with Crippen LogP contribution < -0.4 is 9.64 Å². The van der Waals surface area contributed by atoms with Gasteiger partial charge in [0.15, 0.2) is 6.61 Å². The van der Waals surface area contributed by atoms with Crippen LogP contribution >= 0.6 is 11.6 Å². The summed E-state index contributed by atoms with van der Waals surface area (Å²) in [6, 6.07) is 8.89. The number of halogens is 1. The molecule has 3 heterocycles. The number of hydrogen-bond donors (Lipinski definition) is 0. The molecule has 1 amide bonds. The van der Waals surface area contributed by atoms with Crippen LogP contribution in [-0.4, -0.2) is 63.1 Å². The van der Waals surface area contributed by atoms with Crippen LogP contribution in [0.2, 0.25) is 5.02 Å². The lowest BCUT2D eigenvalue weighted by atomic mass is 10.3. The number of imidazole rings is 1. The highest BCUT2D eigenvalue weighted by Gasteiger charge is 2.22. The molecule has 28 heavy (non-hydrogen) atoms. The summed E-state index contributed by atoms with van der Waals surface area (Å²) in [5.74, 6) is 2.20. The maximum Gasteiger partial charge on any atom is 0.260 e. The van der Waals surface area contributed by atoms with Crippen molar-refractivity contribution in [1.82, 2.24) is 24.4 Å². The molecular formula is C19H19ClN6O2. The highest BCUT2D eigenvalue weighted by atomic mass is 35.5. The van der Waals surface area contributed by atoms with E-state index < -0.39 is 0 Å². The number of nitrogens with zero attached hydrogens (tertiary/aromatic N) is 6. The van der Waals surface area contributed by atoms with Crippen molar-refractivity contribution in [2.24, 2.45) is 0 Å². The molecule has 8 nitrogen and oxygen atoms in total. The monoisotopic (exact) mass is 398 g/mol. The van der Waals surface area contributed by atoms with Crippen LogP contribution in [0.1, 0.15) is 0 Å². The molecule has 4 rings (SSSR count). The summed E-state index contributed by atoms with van der Waals surface area (Å²) in [5.41, 5.74) is 0. The van der Waals surface area contributed by atoms with Gasteiger partial charge in [-0.1, -0.05) is 11.6 Å². The highest BCUT2D eigenvalue weighted by Crippen LogP contribution is 2.17.